The Morgan fingerprint density at radius 1 is 0.204 bits per heavy atom. The van der Waals surface area contributed by atoms with Gasteiger partial charge in [0.2, 0.25) is 0 Å². The highest BCUT2D eigenvalue weighted by Gasteiger charge is 2.22. The molecule has 0 amide bonds. The van der Waals surface area contributed by atoms with E-state index in [1.54, 1.807) is 0 Å². The van der Waals surface area contributed by atoms with Crippen LogP contribution < -0.4 is 10.9 Å². The van der Waals surface area contributed by atoms with Gasteiger partial charge in [0, 0.05) is 0 Å². The van der Waals surface area contributed by atoms with E-state index in [9.17, 15) is 0 Å². The Bertz CT molecular complexity index is 2010. The second-order valence-corrected chi connectivity index (χ2v) is 12.5. The van der Waals surface area contributed by atoms with Crippen molar-refractivity contribution in [3.05, 3.63) is 206 Å². The van der Waals surface area contributed by atoms with E-state index in [2.05, 4.69) is 206 Å². The molecule has 0 aliphatic rings. The number of benzene rings is 8. The smallest absolute Gasteiger partial charge is 0.0631 e. The van der Waals surface area contributed by atoms with Crippen molar-refractivity contribution in [2.75, 3.05) is 0 Å². The molecule has 0 heterocycles. The molecule has 8 aromatic rings. The summed E-state index contributed by atoms with van der Waals surface area (Å²) in [6, 6.07) is 74.7. The van der Waals surface area contributed by atoms with Gasteiger partial charge in [-0.3, -0.25) is 0 Å². The Morgan fingerprint density at radius 3 is 0.633 bits per heavy atom. The van der Waals surface area contributed by atoms with Gasteiger partial charge in [0.15, 0.2) is 7.28 Å². The molecular weight excluding hydrogens is 587 g/mol. The van der Waals surface area contributed by atoms with Crippen molar-refractivity contribution in [1.29, 1.82) is 0 Å². The van der Waals surface area contributed by atoms with E-state index in [0.717, 1.165) is 7.28 Å². The highest BCUT2D eigenvalue weighted by atomic mass is 14.2. The SMILES string of the molecule is B(c1c(-c2ccccc2)cc(-c2ccccc2)cc1-c1ccccc1)c1c(-c2ccccc2)cc(-c2ccccc2)cc1-c1ccccc1. The van der Waals surface area contributed by atoms with Crippen LogP contribution in [0, 0.1) is 0 Å². The van der Waals surface area contributed by atoms with Crippen LogP contribution >= 0.6 is 0 Å². The maximum absolute atomic E-state index is 2.40. The lowest BCUT2D eigenvalue weighted by molar-refractivity contribution is 1.58. The molecule has 0 saturated carbocycles. The molecule has 0 N–H and O–H groups in total. The van der Waals surface area contributed by atoms with E-state index in [0.29, 0.717) is 0 Å². The predicted molar refractivity (Wildman–Crippen MR) is 212 cm³/mol. The van der Waals surface area contributed by atoms with E-state index in [-0.39, 0.29) is 0 Å². The van der Waals surface area contributed by atoms with Crippen LogP contribution in [0.1, 0.15) is 0 Å². The monoisotopic (exact) mass is 622 g/mol. The van der Waals surface area contributed by atoms with Crippen molar-refractivity contribution < 1.29 is 0 Å². The zero-order valence-electron chi connectivity index (χ0n) is 27.3. The quantitative estimate of drug-likeness (QED) is 0.148. The Kier molecular flexibility index (Phi) is 8.56. The highest BCUT2D eigenvalue weighted by molar-refractivity contribution is 6.73. The van der Waals surface area contributed by atoms with Crippen molar-refractivity contribution in [3.63, 3.8) is 0 Å². The first-order chi connectivity index (χ1) is 24.3. The standard InChI is InChI=1S/C48H35B/c1-7-19-35(20-8-1)41-31-43(37-23-11-3-12-24-37)47(44(32-41)38-25-13-4-14-26-38)49-48-45(39-27-15-5-16-28-39)33-42(36-21-9-2-10-22-36)34-46(48)40-29-17-6-18-30-40/h1-34,49H. The molecule has 8 rings (SSSR count). The minimum Gasteiger partial charge on any atom is -0.0631 e. The van der Waals surface area contributed by atoms with Crippen molar-refractivity contribution in [2.45, 2.75) is 0 Å². The topological polar surface area (TPSA) is 0 Å². The zero-order valence-corrected chi connectivity index (χ0v) is 27.3. The second-order valence-electron chi connectivity index (χ2n) is 12.5. The van der Waals surface area contributed by atoms with Gasteiger partial charge in [0.05, 0.1) is 0 Å². The normalized spacial score (nSPS) is 10.9. The van der Waals surface area contributed by atoms with E-state index in [1.165, 1.54) is 77.7 Å². The number of rotatable bonds is 8. The summed E-state index contributed by atoms with van der Waals surface area (Å²) in [5, 5.41) is 0. The molecule has 0 aromatic heterocycles. The van der Waals surface area contributed by atoms with Crippen LogP contribution in [0.3, 0.4) is 0 Å². The molecule has 0 nitrogen and oxygen atoms in total. The maximum Gasteiger partial charge on any atom is 0.195 e. The van der Waals surface area contributed by atoms with Crippen molar-refractivity contribution in [3.8, 4) is 66.8 Å². The van der Waals surface area contributed by atoms with E-state index in [4.69, 9.17) is 0 Å². The van der Waals surface area contributed by atoms with Crippen LogP contribution in [0.5, 0.6) is 0 Å². The van der Waals surface area contributed by atoms with Crippen LogP contribution in [-0.4, -0.2) is 7.28 Å². The lowest BCUT2D eigenvalue weighted by Crippen LogP contribution is -2.33. The zero-order chi connectivity index (χ0) is 32.8. The molecule has 0 fully saturated rings. The van der Waals surface area contributed by atoms with Crippen molar-refractivity contribution in [2.24, 2.45) is 0 Å². The molecule has 0 saturated heterocycles. The lowest BCUT2D eigenvalue weighted by Gasteiger charge is -2.22. The average molecular weight is 623 g/mol. The summed E-state index contributed by atoms with van der Waals surface area (Å²) >= 11 is 0. The van der Waals surface area contributed by atoms with Crippen LogP contribution in [0.25, 0.3) is 66.8 Å². The molecule has 0 aliphatic heterocycles. The molecule has 0 atom stereocenters. The first kappa shape index (κ1) is 30.2. The van der Waals surface area contributed by atoms with Crippen LogP contribution in [0.4, 0.5) is 0 Å². The summed E-state index contributed by atoms with van der Waals surface area (Å²) < 4.78 is 0. The first-order valence-corrected chi connectivity index (χ1v) is 17.0. The van der Waals surface area contributed by atoms with E-state index >= 15 is 0 Å². The lowest BCUT2D eigenvalue weighted by atomic mass is 9.55. The van der Waals surface area contributed by atoms with Gasteiger partial charge in [-0.15, -0.1) is 0 Å². The fraction of sp³-hybridized carbons (Fsp3) is 0. The van der Waals surface area contributed by atoms with Crippen LogP contribution in [0.15, 0.2) is 206 Å². The molecule has 0 radical (unpaired) electrons. The summed E-state index contributed by atoms with van der Waals surface area (Å²) in [5.41, 5.74) is 17.4. The summed E-state index contributed by atoms with van der Waals surface area (Å²) in [5.74, 6) is 0. The largest absolute Gasteiger partial charge is 0.195 e. The molecule has 0 unspecified atom stereocenters. The fourth-order valence-electron chi connectivity index (χ4n) is 7.00. The van der Waals surface area contributed by atoms with Crippen LogP contribution in [-0.2, 0) is 0 Å². The predicted octanol–water partition coefficient (Wildman–Crippen LogP) is 11.1. The molecule has 49 heavy (non-hydrogen) atoms. The van der Waals surface area contributed by atoms with E-state index < -0.39 is 0 Å². The third-order valence-electron chi connectivity index (χ3n) is 9.41. The summed E-state index contributed by atoms with van der Waals surface area (Å²) in [4.78, 5) is 0. The van der Waals surface area contributed by atoms with Gasteiger partial charge in [0.1, 0.15) is 0 Å². The molecule has 1 heteroatoms. The number of hydrogen-bond donors (Lipinski definition) is 0. The van der Waals surface area contributed by atoms with Crippen molar-refractivity contribution in [1.82, 2.24) is 0 Å². The van der Waals surface area contributed by atoms with Crippen molar-refractivity contribution >= 4 is 18.2 Å². The summed E-state index contributed by atoms with van der Waals surface area (Å²) in [6.07, 6.45) is 0. The fourth-order valence-corrected chi connectivity index (χ4v) is 7.00. The van der Waals surface area contributed by atoms with E-state index in [1.807, 2.05) is 0 Å². The van der Waals surface area contributed by atoms with Gasteiger partial charge in [-0.05, 0) is 91.0 Å². The maximum atomic E-state index is 2.40. The minimum absolute atomic E-state index is 0.757. The minimum atomic E-state index is 0.757. The number of hydrogen-bond acceptors (Lipinski definition) is 0. The molecular formula is C48H35B. The Balaban J connectivity index is 1.45. The van der Waals surface area contributed by atoms with Gasteiger partial charge >= 0.3 is 0 Å². The highest BCUT2D eigenvalue weighted by Crippen LogP contribution is 2.34. The van der Waals surface area contributed by atoms with Gasteiger partial charge in [-0.2, -0.15) is 0 Å². The summed E-state index contributed by atoms with van der Waals surface area (Å²) in [7, 11) is 0.757. The summed E-state index contributed by atoms with van der Waals surface area (Å²) in [6.45, 7) is 0. The Hall–Kier alpha value is -6.18. The molecule has 0 aliphatic carbocycles. The third-order valence-corrected chi connectivity index (χ3v) is 9.41. The molecule has 230 valence electrons. The Morgan fingerprint density at radius 2 is 0.408 bits per heavy atom. The molecule has 0 spiro atoms. The first-order valence-electron chi connectivity index (χ1n) is 17.0. The third kappa shape index (κ3) is 6.40. The van der Waals surface area contributed by atoms with Crippen LogP contribution in [0.2, 0.25) is 0 Å². The Labute approximate surface area is 290 Å². The van der Waals surface area contributed by atoms with Gasteiger partial charge < -0.3 is 0 Å². The molecule has 8 aromatic carbocycles. The second kappa shape index (κ2) is 13.9. The van der Waals surface area contributed by atoms with Gasteiger partial charge in [-0.25, -0.2) is 0 Å². The van der Waals surface area contributed by atoms with Gasteiger partial charge in [0.25, 0.3) is 0 Å². The van der Waals surface area contributed by atoms with Gasteiger partial charge in [-0.1, -0.05) is 193 Å². The molecule has 0 bridgehead atoms. The average Bonchev–Trinajstić information content (AvgIpc) is 3.20.